The SMILES string of the molecule is C.CO[N+]1(C)CCC1=O. The number of carbonyl (C=O) groups is 1. The molecule has 1 fully saturated rings. The van der Waals surface area contributed by atoms with Crippen LogP contribution in [-0.2, 0) is 9.63 Å². The van der Waals surface area contributed by atoms with Gasteiger partial charge in [-0.1, -0.05) is 7.43 Å². The summed E-state index contributed by atoms with van der Waals surface area (Å²) < 4.78 is 0.167. The highest BCUT2D eigenvalue weighted by atomic mass is 16.7. The molecule has 9 heavy (non-hydrogen) atoms. The van der Waals surface area contributed by atoms with Gasteiger partial charge in [-0.15, -0.1) is 4.65 Å². The molecule has 0 aromatic heterocycles. The quantitative estimate of drug-likeness (QED) is 0.385. The first-order valence-corrected chi connectivity index (χ1v) is 2.64. The summed E-state index contributed by atoms with van der Waals surface area (Å²) in [6, 6.07) is 0. The highest BCUT2D eigenvalue weighted by Gasteiger charge is 2.43. The van der Waals surface area contributed by atoms with Crippen molar-refractivity contribution in [3.05, 3.63) is 0 Å². The molecule has 3 nitrogen and oxygen atoms in total. The van der Waals surface area contributed by atoms with E-state index in [2.05, 4.69) is 0 Å². The van der Waals surface area contributed by atoms with Crippen LogP contribution in [0, 0.1) is 0 Å². The summed E-state index contributed by atoms with van der Waals surface area (Å²) in [5.41, 5.74) is 0. The molecule has 1 aliphatic heterocycles. The predicted octanol–water partition coefficient (Wildman–Crippen LogP) is 0.561. The van der Waals surface area contributed by atoms with Gasteiger partial charge in [0.05, 0.1) is 7.11 Å². The minimum atomic E-state index is 0. The smallest absolute Gasteiger partial charge is 0.227 e. The van der Waals surface area contributed by atoms with Crippen molar-refractivity contribution in [1.82, 2.24) is 0 Å². The summed E-state index contributed by atoms with van der Waals surface area (Å²) in [5, 5.41) is 0. The van der Waals surface area contributed by atoms with Crippen LogP contribution in [-0.4, -0.2) is 31.3 Å². The number of amides is 1. The average molecular weight is 132 g/mol. The van der Waals surface area contributed by atoms with Crippen molar-refractivity contribution in [2.45, 2.75) is 13.8 Å². The second-order valence-electron chi connectivity index (χ2n) is 2.15. The Hall–Kier alpha value is -0.410. The summed E-state index contributed by atoms with van der Waals surface area (Å²) in [6.45, 7) is 0.829. The number of likely N-dealkylation sites (tertiary alicyclic amines) is 1. The largest absolute Gasteiger partial charge is 0.351 e. The van der Waals surface area contributed by atoms with Gasteiger partial charge in [0.1, 0.15) is 20.0 Å². The van der Waals surface area contributed by atoms with Crippen LogP contribution in [0.2, 0.25) is 0 Å². The molecule has 1 aliphatic rings. The third-order valence-corrected chi connectivity index (χ3v) is 1.68. The van der Waals surface area contributed by atoms with Crippen LogP contribution < -0.4 is 0 Å². The molecule has 1 amide bonds. The molecule has 0 aliphatic carbocycles. The van der Waals surface area contributed by atoms with E-state index in [1.807, 2.05) is 0 Å². The molecule has 0 radical (unpaired) electrons. The standard InChI is InChI=1S/C5H10NO2.CH4/c1-6(8-2)4-3-5(6)7;/h3-4H2,1-2H3;1H4/q+1;. The summed E-state index contributed by atoms with van der Waals surface area (Å²) >= 11 is 0. The van der Waals surface area contributed by atoms with Crippen LogP contribution in [0.5, 0.6) is 0 Å². The van der Waals surface area contributed by atoms with Crippen LogP contribution in [0.1, 0.15) is 13.8 Å². The topological polar surface area (TPSA) is 26.3 Å². The molecule has 1 atom stereocenters. The lowest BCUT2D eigenvalue weighted by molar-refractivity contribution is -1.04. The molecule has 1 rings (SSSR count). The van der Waals surface area contributed by atoms with Crippen molar-refractivity contribution in [3.8, 4) is 0 Å². The van der Waals surface area contributed by atoms with Crippen molar-refractivity contribution in [1.29, 1.82) is 0 Å². The monoisotopic (exact) mass is 132 g/mol. The molecular formula is C6H14NO2+. The number of hydroxylamine groups is 3. The van der Waals surface area contributed by atoms with E-state index < -0.39 is 0 Å². The number of quaternary nitrogens is 1. The van der Waals surface area contributed by atoms with Crippen LogP contribution in [0.3, 0.4) is 0 Å². The maximum atomic E-state index is 10.6. The van der Waals surface area contributed by atoms with Gasteiger partial charge in [-0.3, -0.25) is 0 Å². The van der Waals surface area contributed by atoms with Crippen LogP contribution in [0.4, 0.5) is 0 Å². The third kappa shape index (κ3) is 1.11. The summed E-state index contributed by atoms with van der Waals surface area (Å²) in [4.78, 5) is 15.5. The van der Waals surface area contributed by atoms with Gasteiger partial charge in [-0.25, -0.2) is 4.79 Å². The van der Waals surface area contributed by atoms with E-state index in [1.165, 1.54) is 0 Å². The zero-order chi connectivity index (χ0) is 6.20. The zero-order valence-corrected chi connectivity index (χ0v) is 5.18. The van der Waals surface area contributed by atoms with Gasteiger partial charge in [0.25, 0.3) is 0 Å². The van der Waals surface area contributed by atoms with Gasteiger partial charge in [0.15, 0.2) is 0 Å². The maximum Gasteiger partial charge on any atom is 0.351 e. The Bertz CT molecular complexity index is 120. The van der Waals surface area contributed by atoms with Gasteiger partial charge < -0.3 is 0 Å². The average Bonchev–Trinajstić information content (AvgIpc) is 1.83. The lowest BCUT2D eigenvalue weighted by atomic mass is 10.2. The summed E-state index contributed by atoms with van der Waals surface area (Å²) in [5.74, 6) is 0.174. The van der Waals surface area contributed by atoms with Gasteiger partial charge in [-0.2, -0.15) is 4.84 Å². The van der Waals surface area contributed by atoms with E-state index in [4.69, 9.17) is 4.84 Å². The van der Waals surface area contributed by atoms with Gasteiger partial charge in [0.2, 0.25) is 0 Å². The van der Waals surface area contributed by atoms with Crippen molar-refractivity contribution >= 4 is 5.91 Å². The van der Waals surface area contributed by atoms with E-state index in [0.29, 0.717) is 6.42 Å². The molecule has 0 spiro atoms. The first-order chi connectivity index (χ1) is 3.69. The Morgan fingerprint density at radius 2 is 2.22 bits per heavy atom. The van der Waals surface area contributed by atoms with Gasteiger partial charge in [-0.05, 0) is 0 Å². The Morgan fingerprint density at radius 3 is 2.22 bits per heavy atom. The van der Waals surface area contributed by atoms with Crippen LogP contribution in [0.25, 0.3) is 0 Å². The van der Waals surface area contributed by atoms with E-state index in [0.717, 1.165) is 6.54 Å². The molecule has 3 heteroatoms. The Labute approximate surface area is 55.8 Å². The normalized spacial score (nSPS) is 32.9. The first-order valence-electron chi connectivity index (χ1n) is 2.64. The number of hydrogen-bond donors (Lipinski definition) is 0. The van der Waals surface area contributed by atoms with E-state index in [9.17, 15) is 4.79 Å². The number of rotatable bonds is 1. The van der Waals surface area contributed by atoms with E-state index >= 15 is 0 Å². The van der Waals surface area contributed by atoms with Crippen molar-refractivity contribution in [2.24, 2.45) is 0 Å². The van der Waals surface area contributed by atoms with E-state index in [-0.39, 0.29) is 18.0 Å². The highest BCUT2D eigenvalue weighted by Crippen LogP contribution is 2.17. The number of nitrogens with zero attached hydrogens (tertiary/aromatic N) is 1. The second kappa shape index (κ2) is 2.45. The second-order valence-corrected chi connectivity index (χ2v) is 2.15. The molecule has 0 aromatic carbocycles. The van der Waals surface area contributed by atoms with Crippen molar-refractivity contribution < 1.29 is 14.3 Å². The fraction of sp³-hybridized carbons (Fsp3) is 0.833. The third-order valence-electron chi connectivity index (χ3n) is 1.68. The van der Waals surface area contributed by atoms with Crippen LogP contribution in [0.15, 0.2) is 0 Å². The minimum Gasteiger partial charge on any atom is -0.227 e. The maximum absolute atomic E-state index is 10.6. The van der Waals surface area contributed by atoms with Crippen LogP contribution >= 0.6 is 0 Å². The number of carbonyl (C=O) groups excluding carboxylic acids is 1. The molecule has 0 N–H and O–H groups in total. The summed E-state index contributed by atoms with van der Waals surface area (Å²) in [7, 11) is 3.32. The van der Waals surface area contributed by atoms with Crippen molar-refractivity contribution in [2.75, 3.05) is 20.7 Å². The fourth-order valence-corrected chi connectivity index (χ4v) is 0.711. The van der Waals surface area contributed by atoms with E-state index in [1.54, 1.807) is 14.2 Å². The van der Waals surface area contributed by atoms with Gasteiger partial charge in [0, 0.05) is 0 Å². The lowest BCUT2D eigenvalue weighted by Crippen LogP contribution is -2.58. The molecule has 1 saturated heterocycles. The minimum absolute atomic E-state index is 0. The predicted molar refractivity (Wildman–Crippen MR) is 34.4 cm³/mol. The molecule has 0 aromatic rings. The molecular weight excluding hydrogens is 118 g/mol. The number of β-lactam (4-membered cyclic amide) rings is 1. The van der Waals surface area contributed by atoms with Crippen molar-refractivity contribution in [3.63, 3.8) is 0 Å². The molecule has 0 bridgehead atoms. The Kier molecular flexibility index (Phi) is 2.34. The Balaban J connectivity index is 0.000000640. The fourth-order valence-electron chi connectivity index (χ4n) is 0.711. The van der Waals surface area contributed by atoms with Gasteiger partial charge >= 0.3 is 5.91 Å². The summed E-state index contributed by atoms with van der Waals surface area (Å²) in [6.07, 6.45) is 0.671. The molecule has 1 unspecified atom stereocenters. The molecule has 1 heterocycles. The molecule has 0 saturated carbocycles. The Morgan fingerprint density at radius 1 is 1.67 bits per heavy atom. The lowest BCUT2D eigenvalue weighted by Gasteiger charge is -2.33. The highest BCUT2D eigenvalue weighted by molar-refractivity contribution is 5.72. The first kappa shape index (κ1) is 8.59. The molecule has 54 valence electrons. The zero-order valence-electron chi connectivity index (χ0n) is 5.18. The number of hydrogen-bond acceptors (Lipinski definition) is 2.